The van der Waals surface area contributed by atoms with Crippen molar-refractivity contribution in [2.75, 3.05) is 0 Å². The molecular weight excluding hydrogens is 316 g/mol. The van der Waals surface area contributed by atoms with Crippen molar-refractivity contribution >= 4 is 15.6 Å². The van der Waals surface area contributed by atoms with Crippen LogP contribution in [-0.2, 0) is 18.3 Å². The van der Waals surface area contributed by atoms with E-state index in [0.29, 0.717) is 0 Å². The average Bonchev–Trinajstić information content (AvgIpc) is 2.20. The van der Waals surface area contributed by atoms with E-state index >= 15 is 0 Å². The van der Waals surface area contributed by atoms with E-state index < -0.39 is 15.6 Å². The highest BCUT2D eigenvalue weighted by Crippen LogP contribution is 2.53. The van der Waals surface area contributed by atoms with E-state index in [9.17, 15) is 14.0 Å². The van der Waals surface area contributed by atoms with Gasteiger partial charge in [-0.25, -0.2) is 9.13 Å². The molecule has 122 valence electrons. The third kappa shape index (κ3) is 22.8. The Labute approximate surface area is 116 Å². The lowest BCUT2D eigenvalue weighted by atomic mass is 10.1. The lowest BCUT2D eigenvalue weighted by molar-refractivity contribution is 0.0607. The Kier molecular flexibility index (Phi) is 12.4. The van der Waals surface area contributed by atoms with Crippen LogP contribution in [0.4, 0.5) is 0 Å². The van der Waals surface area contributed by atoms with Crippen molar-refractivity contribution in [3.8, 4) is 0 Å². The molecule has 0 aromatic heterocycles. The van der Waals surface area contributed by atoms with Gasteiger partial charge in [0, 0.05) is 0 Å². The van der Waals surface area contributed by atoms with Gasteiger partial charge in [0.25, 0.3) is 0 Å². The molecule has 0 radical (unpaired) electrons. The molecule has 1 atom stereocenters. The van der Waals surface area contributed by atoms with Crippen LogP contribution in [0.25, 0.3) is 0 Å². The van der Waals surface area contributed by atoms with Crippen LogP contribution < -0.4 is 0 Å². The van der Waals surface area contributed by atoms with E-state index in [1.807, 2.05) is 6.92 Å². The third-order valence-electron chi connectivity index (χ3n) is 1.90. The van der Waals surface area contributed by atoms with Crippen LogP contribution in [0.5, 0.6) is 0 Å². The van der Waals surface area contributed by atoms with Crippen LogP contribution in [0.3, 0.4) is 0 Å². The highest BCUT2D eigenvalue weighted by atomic mass is 31.3. The van der Waals surface area contributed by atoms with Gasteiger partial charge in [-0.2, -0.15) is 4.31 Å². The summed E-state index contributed by atoms with van der Waals surface area (Å²) < 4.78 is 22.2. The molecule has 0 saturated carbocycles. The second-order valence-electron chi connectivity index (χ2n) is 3.90. The highest BCUT2D eigenvalue weighted by Gasteiger charge is 2.27. The van der Waals surface area contributed by atoms with Crippen molar-refractivity contribution in [3.63, 3.8) is 0 Å². The standard InChI is InChI=1S/C8H17NO2.H4O7P2/c1-3-4-5-6-7-8(2)11-9-10;1-8(2,3)7-9(4,5)6/h8H,3-7H2,1-2H3;(H2,1,2,3)(H2,4,5,6). The number of phosphoric acid groups is 2. The van der Waals surface area contributed by atoms with E-state index in [1.165, 1.54) is 19.3 Å². The molecule has 0 bridgehead atoms. The minimum atomic E-state index is -5.05. The predicted octanol–water partition coefficient (Wildman–Crippen LogP) is 2.23. The molecule has 20 heavy (non-hydrogen) atoms. The second kappa shape index (κ2) is 11.3. The summed E-state index contributed by atoms with van der Waals surface area (Å²) >= 11 is 0. The van der Waals surface area contributed by atoms with Crippen molar-refractivity contribution in [2.45, 2.75) is 52.1 Å². The molecule has 0 spiro atoms. The summed E-state index contributed by atoms with van der Waals surface area (Å²) in [6, 6.07) is 0. The summed E-state index contributed by atoms with van der Waals surface area (Å²) in [5.41, 5.74) is 0. The van der Waals surface area contributed by atoms with Gasteiger partial charge in [0.2, 0.25) is 0 Å². The largest absolute Gasteiger partial charge is 0.478 e. The first-order valence-electron chi connectivity index (χ1n) is 5.82. The first-order valence-corrected chi connectivity index (χ1v) is 8.88. The fourth-order valence-electron chi connectivity index (χ4n) is 1.12. The van der Waals surface area contributed by atoms with Crippen molar-refractivity contribution < 1.29 is 37.9 Å². The van der Waals surface area contributed by atoms with Gasteiger partial charge in [-0.15, -0.1) is 4.91 Å². The Hall–Kier alpha value is -0.340. The van der Waals surface area contributed by atoms with Gasteiger partial charge in [0.05, 0.1) is 0 Å². The van der Waals surface area contributed by atoms with E-state index in [-0.39, 0.29) is 6.10 Å². The number of unbranched alkanes of at least 4 members (excludes halogenated alkanes) is 3. The molecule has 0 saturated heterocycles. The summed E-state index contributed by atoms with van der Waals surface area (Å²) in [5.74, 6) is 0. The molecule has 0 amide bonds. The first-order chi connectivity index (χ1) is 9.02. The molecule has 0 heterocycles. The maximum Gasteiger partial charge on any atom is 0.478 e. The molecule has 0 aliphatic heterocycles. The Morgan fingerprint density at radius 3 is 1.85 bits per heavy atom. The molecule has 0 aromatic carbocycles. The van der Waals surface area contributed by atoms with Gasteiger partial charge < -0.3 is 24.4 Å². The van der Waals surface area contributed by atoms with Gasteiger partial charge in [-0.05, 0) is 19.8 Å². The van der Waals surface area contributed by atoms with Crippen LogP contribution >= 0.6 is 15.6 Å². The summed E-state index contributed by atoms with van der Waals surface area (Å²) in [4.78, 5) is 45.1. The monoisotopic (exact) mass is 337 g/mol. The van der Waals surface area contributed by atoms with Crippen LogP contribution in [0.2, 0.25) is 0 Å². The zero-order valence-corrected chi connectivity index (χ0v) is 13.1. The minimum Gasteiger partial charge on any atom is -0.361 e. The van der Waals surface area contributed by atoms with E-state index in [4.69, 9.17) is 19.6 Å². The van der Waals surface area contributed by atoms with Gasteiger partial charge in [0.1, 0.15) is 6.10 Å². The molecule has 0 aliphatic carbocycles. The highest BCUT2D eigenvalue weighted by molar-refractivity contribution is 7.60. The molecule has 10 nitrogen and oxygen atoms in total. The van der Waals surface area contributed by atoms with Crippen molar-refractivity contribution in [1.29, 1.82) is 0 Å². The van der Waals surface area contributed by atoms with Crippen LogP contribution in [0.1, 0.15) is 46.0 Å². The van der Waals surface area contributed by atoms with Crippen LogP contribution in [0.15, 0.2) is 5.34 Å². The van der Waals surface area contributed by atoms with Crippen molar-refractivity contribution in [2.24, 2.45) is 5.34 Å². The summed E-state index contributed by atoms with van der Waals surface area (Å²) in [5, 5.41) is 2.38. The Morgan fingerprint density at radius 1 is 1.05 bits per heavy atom. The fourth-order valence-corrected chi connectivity index (χ4v) is 2.23. The quantitative estimate of drug-likeness (QED) is 0.214. The summed E-state index contributed by atoms with van der Waals surface area (Å²) in [6.45, 7) is 4.04. The van der Waals surface area contributed by atoms with Crippen molar-refractivity contribution in [3.05, 3.63) is 4.91 Å². The molecule has 4 N–H and O–H groups in total. The third-order valence-corrected chi connectivity index (χ3v) is 3.60. The first kappa shape index (κ1) is 21.9. The maximum absolute atomic E-state index is 9.63. The van der Waals surface area contributed by atoms with Gasteiger partial charge in [0.15, 0.2) is 5.34 Å². The van der Waals surface area contributed by atoms with Crippen LogP contribution in [-0.4, -0.2) is 25.7 Å². The topological polar surface area (TPSA) is 163 Å². The molecule has 0 aromatic rings. The van der Waals surface area contributed by atoms with E-state index in [1.54, 1.807) is 0 Å². The van der Waals surface area contributed by atoms with Gasteiger partial charge in [-0.1, -0.05) is 26.2 Å². The number of hydrogen-bond donors (Lipinski definition) is 4. The molecule has 0 aliphatic rings. The van der Waals surface area contributed by atoms with E-state index in [0.717, 1.165) is 12.8 Å². The zero-order valence-electron chi connectivity index (χ0n) is 11.3. The van der Waals surface area contributed by atoms with Gasteiger partial charge >= 0.3 is 15.6 Å². The lowest BCUT2D eigenvalue weighted by Gasteiger charge is -2.05. The SMILES string of the molecule is CCCCCCC(C)ON=O.O=P(O)(O)OP(=O)(O)O. The average molecular weight is 337 g/mol. The van der Waals surface area contributed by atoms with Crippen LogP contribution in [0, 0.1) is 4.91 Å². The molecule has 1 unspecified atom stereocenters. The number of nitrogens with zero attached hydrogens (tertiary/aromatic N) is 1. The summed E-state index contributed by atoms with van der Waals surface area (Å²) in [6.07, 6.45) is 5.78. The smallest absolute Gasteiger partial charge is 0.361 e. The van der Waals surface area contributed by atoms with Crippen molar-refractivity contribution in [1.82, 2.24) is 0 Å². The molecular formula is C8H21NO9P2. The lowest BCUT2D eigenvalue weighted by Crippen LogP contribution is -2.02. The minimum absolute atomic E-state index is 0.00986. The number of rotatable bonds is 9. The maximum atomic E-state index is 9.63. The second-order valence-corrected chi connectivity index (χ2v) is 6.52. The Morgan fingerprint density at radius 2 is 1.55 bits per heavy atom. The summed E-state index contributed by atoms with van der Waals surface area (Å²) in [7, 11) is -10.1. The fraction of sp³-hybridized carbons (Fsp3) is 1.00. The Balaban J connectivity index is 0. The van der Waals surface area contributed by atoms with E-state index in [2.05, 4.69) is 21.4 Å². The number of hydrogen-bond acceptors (Lipinski definition) is 6. The Bertz CT molecular complexity index is 319. The normalized spacial score (nSPS) is 13.1. The zero-order chi connectivity index (χ0) is 16.2. The predicted molar refractivity (Wildman–Crippen MR) is 70.3 cm³/mol. The molecule has 12 heteroatoms. The molecule has 0 rings (SSSR count). The molecule has 0 fully saturated rings. The van der Waals surface area contributed by atoms with Gasteiger partial charge in [-0.3, -0.25) is 0 Å².